The average Bonchev–Trinajstić information content (AvgIpc) is 2.58. The number of anilines is 1. The molecule has 0 aromatic carbocycles. The van der Waals surface area contributed by atoms with Crippen LogP contribution in [0.4, 0.5) is 5.69 Å². The Labute approximate surface area is 70.8 Å². The second-order valence-electron chi connectivity index (χ2n) is 2.72. The van der Waals surface area contributed by atoms with E-state index in [-0.39, 0.29) is 0 Å². The van der Waals surface area contributed by atoms with Crippen LogP contribution in [0.25, 0.3) is 0 Å². The molecule has 1 N–H and O–H groups in total. The summed E-state index contributed by atoms with van der Waals surface area (Å²) in [7, 11) is 0. The summed E-state index contributed by atoms with van der Waals surface area (Å²) in [6.07, 6.45) is 0. The quantitative estimate of drug-likeness (QED) is 0.677. The first-order chi connectivity index (χ1) is 5.47. The molecule has 0 amide bonds. The molecule has 1 fully saturated rings. The fourth-order valence-electron chi connectivity index (χ4n) is 1.36. The third kappa shape index (κ3) is 1.54. The molecule has 1 aromatic heterocycles. The van der Waals surface area contributed by atoms with Crippen LogP contribution >= 0.6 is 11.3 Å². The SMILES string of the molecule is c1cc(N2CCNCC2)cs1. The highest BCUT2D eigenvalue weighted by molar-refractivity contribution is 7.08. The number of nitrogens with zero attached hydrogens (tertiary/aromatic N) is 1. The molecule has 0 atom stereocenters. The van der Waals surface area contributed by atoms with E-state index in [1.807, 2.05) is 0 Å². The number of hydrogen-bond donors (Lipinski definition) is 1. The van der Waals surface area contributed by atoms with Gasteiger partial charge in [-0.1, -0.05) is 0 Å². The number of hydrogen-bond acceptors (Lipinski definition) is 3. The monoisotopic (exact) mass is 168 g/mol. The molecule has 11 heavy (non-hydrogen) atoms. The fraction of sp³-hybridized carbons (Fsp3) is 0.500. The van der Waals surface area contributed by atoms with Crippen molar-refractivity contribution in [2.75, 3.05) is 31.1 Å². The van der Waals surface area contributed by atoms with Crippen LogP contribution in [0, 0.1) is 0 Å². The van der Waals surface area contributed by atoms with E-state index in [0.717, 1.165) is 26.2 Å². The van der Waals surface area contributed by atoms with Gasteiger partial charge in [0.25, 0.3) is 0 Å². The molecule has 60 valence electrons. The van der Waals surface area contributed by atoms with Gasteiger partial charge < -0.3 is 10.2 Å². The van der Waals surface area contributed by atoms with Crippen LogP contribution < -0.4 is 10.2 Å². The van der Waals surface area contributed by atoms with Gasteiger partial charge in [0, 0.05) is 37.2 Å². The van der Waals surface area contributed by atoms with Crippen LogP contribution in [-0.4, -0.2) is 26.2 Å². The predicted molar refractivity (Wildman–Crippen MR) is 49.4 cm³/mol. The predicted octanol–water partition coefficient (Wildman–Crippen LogP) is 1.16. The van der Waals surface area contributed by atoms with Crippen molar-refractivity contribution in [2.45, 2.75) is 0 Å². The Kier molecular flexibility index (Phi) is 2.10. The van der Waals surface area contributed by atoms with Gasteiger partial charge in [-0.15, -0.1) is 0 Å². The fourth-order valence-corrected chi connectivity index (χ4v) is 2.02. The van der Waals surface area contributed by atoms with E-state index in [1.54, 1.807) is 11.3 Å². The van der Waals surface area contributed by atoms with Crippen LogP contribution in [0.2, 0.25) is 0 Å². The Morgan fingerprint density at radius 3 is 2.82 bits per heavy atom. The van der Waals surface area contributed by atoms with Gasteiger partial charge in [-0.05, 0) is 11.4 Å². The zero-order valence-electron chi connectivity index (χ0n) is 6.42. The molecular formula is C8H12N2S. The summed E-state index contributed by atoms with van der Waals surface area (Å²) in [6.45, 7) is 4.54. The smallest absolute Gasteiger partial charge is 0.0475 e. The molecular weight excluding hydrogens is 156 g/mol. The zero-order chi connectivity index (χ0) is 7.52. The molecule has 0 spiro atoms. The van der Waals surface area contributed by atoms with Crippen molar-refractivity contribution in [3.8, 4) is 0 Å². The molecule has 2 rings (SSSR count). The van der Waals surface area contributed by atoms with Crippen LogP contribution in [-0.2, 0) is 0 Å². The van der Waals surface area contributed by atoms with Gasteiger partial charge in [0.2, 0.25) is 0 Å². The Hall–Kier alpha value is -0.540. The largest absolute Gasteiger partial charge is 0.368 e. The van der Waals surface area contributed by atoms with E-state index >= 15 is 0 Å². The molecule has 1 aliphatic rings. The van der Waals surface area contributed by atoms with E-state index in [9.17, 15) is 0 Å². The normalized spacial score (nSPS) is 18.7. The molecule has 3 heteroatoms. The zero-order valence-corrected chi connectivity index (χ0v) is 7.23. The summed E-state index contributed by atoms with van der Waals surface area (Å²) in [5.41, 5.74) is 1.39. The maximum absolute atomic E-state index is 3.34. The van der Waals surface area contributed by atoms with E-state index in [0.29, 0.717) is 0 Å². The highest BCUT2D eigenvalue weighted by atomic mass is 32.1. The maximum Gasteiger partial charge on any atom is 0.0475 e. The Morgan fingerprint density at radius 1 is 1.36 bits per heavy atom. The van der Waals surface area contributed by atoms with Crippen molar-refractivity contribution >= 4 is 17.0 Å². The van der Waals surface area contributed by atoms with Crippen molar-refractivity contribution in [3.05, 3.63) is 16.8 Å². The van der Waals surface area contributed by atoms with Gasteiger partial charge in [0.1, 0.15) is 0 Å². The lowest BCUT2D eigenvalue weighted by molar-refractivity contribution is 0.590. The van der Waals surface area contributed by atoms with E-state index in [4.69, 9.17) is 0 Å². The second kappa shape index (κ2) is 3.24. The van der Waals surface area contributed by atoms with E-state index in [1.165, 1.54) is 5.69 Å². The third-order valence-corrected chi connectivity index (χ3v) is 2.66. The molecule has 0 aliphatic carbocycles. The highest BCUT2D eigenvalue weighted by Crippen LogP contribution is 2.17. The van der Waals surface area contributed by atoms with Gasteiger partial charge in [0.05, 0.1) is 0 Å². The Balaban J connectivity index is 2.04. The minimum atomic E-state index is 1.12. The van der Waals surface area contributed by atoms with Crippen LogP contribution in [0.15, 0.2) is 16.8 Å². The van der Waals surface area contributed by atoms with E-state index < -0.39 is 0 Å². The summed E-state index contributed by atoms with van der Waals surface area (Å²) in [5, 5.41) is 7.69. The van der Waals surface area contributed by atoms with Gasteiger partial charge >= 0.3 is 0 Å². The number of rotatable bonds is 1. The molecule has 1 aliphatic heterocycles. The number of piperazine rings is 1. The van der Waals surface area contributed by atoms with Crippen molar-refractivity contribution in [1.29, 1.82) is 0 Å². The standard InChI is InChI=1S/C8H12N2S/c1-6-11-7-8(1)10-4-2-9-3-5-10/h1,6-7,9H,2-5H2. The molecule has 1 saturated heterocycles. The maximum atomic E-state index is 3.34. The van der Waals surface area contributed by atoms with Crippen molar-refractivity contribution in [3.63, 3.8) is 0 Å². The van der Waals surface area contributed by atoms with Gasteiger partial charge in [-0.2, -0.15) is 11.3 Å². The lowest BCUT2D eigenvalue weighted by atomic mass is 10.3. The molecule has 1 aromatic rings. The minimum Gasteiger partial charge on any atom is -0.368 e. The molecule has 2 heterocycles. The van der Waals surface area contributed by atoms with Crippen LogP contribution in [0.5, 0.6) is 0 Å². The van der Waals surface area contributed by atoms with Crippen LogP contribution in [0.1, 0.15) is 0 Å². The highest BCUT2D eigenvalue weighted by Gasteiger charge is 2.09. The molecule has 0 bridgehead atoms. The first kappa shape index (κ1) is 7.13. The summed E-state index contributed by atoms with van der Waals surface area (Å²) in [6, 6.07) is 2.19. The van der Waals surface area contributed by atoms with Gasteiger partial charge in [-0.25, -0.2) is 0 Å². The summed E-state index contributed by atoms with van der Waals surface area (Å²) in [4.78, 5) is 2.42. The Bertz CT molecular complexity index is 202. The molecule has 2 nitrogen and oxygen atoms in total. The number of nitrogens with one attached hydrogen (secondary N) is 1. The first-order valence-corrected chi connectivity index (χ1v) is 4.89. The van der Waals surface area contributed by atoms with Gasteiger partial charge in [-0.3, -0.25) is 0 Å². The second-order valence-corrected chi connectivity index (χ2v) is 3.50. The Morgan fingerprint density at radius 2 is 2.18 bits per heavy atom. The summed E-state index contributed by atoms with van der Waals surface area (Å²) >= 11 is 1.77. The molecule has 0 unspecified atom stereocenters. The average molecular weight is 168 g/mol. The van der Waals surface area contributed by atoms with Crippen LogP contribution in [0.3, 0.4) is 0 Å². The van der Waals surface area contributed by atoms with Crippen molar-refractivity contribution in [1.82, 2.24) is 5.32 Å². The summed E-state index contributed by atoms with van der Waals surface area (Å²) in [5.74, 6) is 0. The topological polar surface area (TPSA) is 15.3 Å². The van der Waals surface area contributed by atoms with E-state index in [2.05, 4.69) is 27.0 Å². The third-order valence-electron chi connectivity index (χ3n) is 1.99. The summed E-state index contributed by atoms with van der Waals surface area (Å²) < 4.78 is 0. The molecule has 0 radical (unpaired) electrons. The lowest BCUT2D eigenvalue weighted by Gasteiger charge is -2.28. The van der Waals surface area contributed by atoms with Gasteiger partial charge in [0.15, 0.2) is 0 Å². The first-order valence-electron chi connectivity index (χ1n) is 3.95. The van der Waals surface area contributed by atoms with Crippen molar-refractivity contribution in [2.24, 2.45) is 0 Å². The lowest BCUT2D eigenvalue weighted by Crippen LogP contribution is -2.43. The number of thiophene rings is 1. The van der Waals surface area contributed by atoms with Crippen molar-refractivity contribution < 1.29 is 0 Å². The molecule has 0 saturated carbocycles. The minimum absolute atomic E-state index is 1.12.